The van der Waals surface area contributed by atoms with Gasteiger partial charge in [-0.2, -0.15) is 0 Å². The lowest BCUT2D eigenvalue weighted by molar-refractivity contribution is -0.121. The first-order valence-corrected chi connectivity index (χ1v) is 6.74. The number of halogens is 1. The second-order valence-corrected chi connectivity index (χ2v) is 5.52. The molecule has 0 aromatic heterocycles. The molecule has 1 saturated carbocycles. The predicted octanol–water partition coefficient (Wildman–Crippen LogP) is 2.25. The first-order chi connectivity index (χ1) is 7.74. The molecule has 2 aliphatic rings. The highest BCUT2D eigenvalue weighted by molar-refractivity contribution is 5.85. The third kappa shape index (κ3) is 4.47. The summed E-state index contributed by atoms with van der Waals surface area (Å²) in [5.41, 5.74) is 0.480. The van der Waals surface area contributed by atoms with Crippen molar-refractivity contribution in [1.82, 2.24) is 10.6 Å². The summed E-state index contributed by atoms with van der Waals surface area (Å²) in [4.78, 5) is 11.7. The average Bonchev–Trinajstić information content (AvgIpc) is 2.83. The Morgan fingerprint density at radius 2 is 2.24 bits per heavy atom. The maximum absolute atomic E-state index is 11.7. The second kappa shape index (κ2) is 6.60. The maximum atomic E-state index is 11.7. The van der Waals surface area contributed by atoms with Gasteiger partial charge >= 0.3 is 0 Å². The van der Waals surface area contributed by atoms with Crippen LogP contribution in [0.5, 0.6) is 0 Å². The van der Waals surface area contributed by atoms with E-state index in [0.717, 1.165) is 19.5 Å². The van der Waals surface area contributed by atoms with Gasteiger partial charge in [0.2, 0.25) is 5.91 Å². The van der Waals surface area contributed by atoms with E-state index in [0.29, 0.717) is 17.9 Å². The molecule has 1 unspecified atom stereocenters. The van der Waals surface area contributed by atoms with Crippen LogP contribution >= 0.6 is 12.4 Å². The first kappa shape index (κ1) is 14.8. The molecule has 3 nitrogen and oxygen atoms in total. The van der Waals surface area contributed by atoms with Gasteiger partial charge in [0.05, 0.1) is 0 Å². The van der Waals surface area contributed by atoms with Crippen LogP contribution in [0.1, 0.15) is 51.9 Å². The lowest BCUT2D eigenvalue weighted by Crippen LogP contribution is -2.35. The van der Waals surface area contributed by atoms with E-state index in [9.17, 15) is 4.79 Å². The summed E-state index contributed by atoms with van der Waals surface area (Å²) in [6, 6.07) is 0.432. The fraction of sp³-hybridized carbons (Fsp3) is 0.923. The standard InChI is InChI=1S/C13H24N2O.ClH/c1-2-5-13(6-7-13)10-15-12(16)9-11-4-3-8-14-11;/h11,14H,2-10H2,1H3,(H,15,16);1H. The molecule has 0 bridgehead atoms. The molecular weight excluding hydrogens is 236 g/mol. The monoisotopic (exact) mass is 260 g/mol. The molecule has 17 heavy (non-hydrogen) atoms. The largest absolute Gasteiger partial charge is 0.355 e. The molecule has 2 N–H and O–H groups in total. The highest BCUT2D eigenvalue weighted by atomic mass is 35.5. The quantitative estimate of drug-likeness (QED) is 0.769. The average molecular weight is 261 g/mol. The zero-order chi connectivity index (χ0) is 11.4. The van der Waals surface area contributed by atoms with Crippen LogP contribution in [0.2, 0.25) is 0 Å². The fourth-order valence-electron chi connectivity index (χ4n) is 2.74. The number of hydrogen-bond acceptors (Lipinski definition) is 2. The number of carbonyl (C=O) groups excluding carboxylic acids is 1. The molecule has 1 atom stereocenters. The zero-order valence-electron chi connectivity index (χ0n) is 10.8. The van der Waals surface area contributed by atoms with E-state index in [1.54, 1.807) is 0 Å². The molecule has 0 spiro atoms. The van der Waals surface area contributed by atoms with Gasteiger partial charge in [-0.05, 0) is 44.1 Å². The van der Waals surface area contributed by atoms with Gasteiger partial charge in [-0.3, -0.25) is 4.79 Å². The van der Waals surface area contributed by atoms with Crippen molar-refractivity contribution in [2.24, 2.45) is 5.41 Å². The Hall–Kier alpha value is -0.280. The normalized spacial score (nSPS) is 25.1. The Morgan fingerprint density at radius 1 is 1.47 bits per heavy atom. The Balaban J connectivity index is 0.00000144. The van der Waals surface area contributed by atoms with E-state index < -0.39 is 0 Å². The van der Waals surface area contributed by atoms with Crippen molar-refractivity contribution in [1.29, 1.82) is 0 Å². The van der Waals surface area contributed by atoms with Crippen molar-refractivity contribution in [2.75, 3.05) is 13.1 Å². The molecule has 1 amide bonds. The van der Waals surface area contributed by atoms with Gasteiger partial charge in [0.1, 0.15) is 0 Å². The fourth-order valence-corrected chi connectivity index (χ4v) is 2.74. The van der Waals surface area contributed by atoms with Gasteiger partial charge in [0.15, 0.2) is 0 Å². The summed E-state index contributed by atoms with van der Waals surface area (Å²) < 4.78 is 0. The topological polar surface area (TPSA) is 41.1 Å². The van der Waals surface area contributed by atoms with Gasteiger partial charge < -0.3 is 10.6 Å². The molecule has 4 heteroatoms. The number of carbonyl (C=O) groups is 1. The molecule has 100 valence electrons. The summed E-state index contributed by atoms with van der Waals surface area (Å²) in [5.74, 6) is 0.238. The van der Waals surface area contributed by atoms with Gasteiger partial charge in [0.25, 0.3) is 0 Å². The van der Waals surface area contributed by atoms with Crippen LogP contribution in [0.3, 0.4) is 0 Å². The smallest absolute Gasteiger partial charge is 0.221 e. The highest BCUT2D eigenvalue weighted by Crippen LogP contribution is 2.48. The van der Waals surface area contributed by atoms with Gasteiger partial charge in [-0.15, -0.1) is 12.4 Å². The van der Waals surface area contributed by atoms with Crippen LogP contribution in [-0.4, -0.2) is 25.0 Å². The molecule has 0 aromatic rings. The highest BCUT2D eigenvalue weighted by Gasteiger charge is 2.41. The molecular formula is C13H25ClN2O. The van der Waals surface area contributed by atoms with Crippen LogP contribution in [-0.2, 0) is 4.79 Å². The molecule has 0 radical (unpaired) electrons. The van der Waals surface area contributed by atoms with Crippen molar-refractivity contribution >= 4 is 18.3 Å². The summed E-state index contributed by atoms with van der Waals surface area (Å²) in [7, 11) is 0. The number of nitrogens with one attached hydrogen (secondary N) is 2. The van der Waals surface area contributed by atoms with E-state index in [4.69, 9.17) is 0 Å². The Kier molecular flexibility index (Phi) is 5.74. The Labute approximate surface area is 111 Å². The van der Waals surface area contributed by atoms with E-state index in [1.165, 1.54) is 32.1 Å². The molecule has 1 aliphatic heterocycles. The Morgan fingerprint density at radius 3 is 2.76 bits per heavy atom. The lowest BCUT2D eigenvalue weighted by atomic mass is 10.0. The predicted molar refractivity (Wildman–Crippen MR) is 72.5 cm³/mol. The summed E-state index contributed by atoms with van der Waals surface area (Å²) in [6.45, 7) is 4.22. The van der Waals surface area contributed by atoms with E-state index in [1.807, 2.05) is 0 Å². The SMILES string of the molecule is CCCC1(CNC(=O)CC2CCCN2)CC1.Cl. The summed E-state index contributed by atoms with van der Waals surface area (Å²) in [5, 5.41) is 6.48. The van der Waals surface area contributed by atoms with Crippen molar-refractivity contribution < 1.29 is 4.79 Å². The third-order valence-electron chi connectivity index (χ3n) is 3.99. The van der Waals surface area contributed by atoms with E-state index in [2.05, 4.69) is 17.6 Å². The van der Waals surface area contributed by atoms with Crippen molar-refractivity contribution in [3.63, 3.8) is 0 Å². The van der Waals surface area contributed by atoms with E-state index in [-0.39, 0.29) is 18.3 Å². The van der Waals surface area contributed by atoms with Crippen LogP contribution in [0.4, 0.5) is 0 Å². The summed E-state index contributed by atoms with van der Waals surface area (Å²) >= 11 is 0. The number of amides is 1. The molecule has 2 rings (SSSR count). The van der Waals surface area contributed by atoms with Crippen LogP contribution in [0.25, 0.3) is 0 Å². The van der Waals surface area contributed by atoms with Crippen LogP contribution in [0, 0.1) is 5.41 Å². The third-order valence-corrected chi connectivity index (χ3v) is 3.99. The maximum Gasteiger partial charge on any atom is 0.221 e. The minimum Gasteiger partial charge on any atom is -0.355 e. The van der Waals surface area contributed by atoms with Gasteiger partial charge in [-0.1, -0.05) is 13.3 Å². The minimum absolute atomic E-state index is 0. The molecule has 1 aliphatic carbocycles. The van der Waals surface area contributed by atoms with Crippen molar-refractivity contribution in [3.05, 3.63) is 0 Å². The first-order valence-electron chi connectivity index (χ1n) is 6.74. The van der Waals surface area contributed by atoms with Crippen LogP contribution < -0.4 is 10.6 Å². The lowest BCUT2D eigenvalue weighted by Gasteiger charge is -2.16. The number of rotatable bonds is 6. The molecule has 1 heterocycles. The van der Waals surface area contributed by atoms with Crippen molar-refractivity contribution in [3.8, 4) is 0 Å². The van der Waals surface area contributed by atoms with Crippen LogP contribution in [0.15, 0.2) is 0 Å². The summed E-state index contributed by atoms with van der Waals surface area (Å²) in [6.07, 6.45) is 8.17. The minimum atomic E-state index is 0. The number of hydrogen-bond donors (Lipinski definition) is 2. The van der Waals surface area contributed by atoms with E-state index >= 15 is 0 Å². The Bertz CT molecular complexity index is 248. The van der Waals surface area contributed by atoms with Crippen molar-refractivity contribution in [2.45, 2.75) is 57.9 Å². The second-order valence-electron chi connectivity index (χ2n) is 5.52. The van der Waals surface area contributed by atoms with Gasteiger partial charge in [0, 0.05) is 19.0 Å². The molecule has 2 fully saturated rings. The molecule has 0 aromatic carbocycles. The molecule has 1 saturated heterocycles. The zero-order valence-corrected chi connectivity index (χ0v) is 11.6. The van der Waals surface area contributed by atoms with Gasteiger partial charge in [-0.25, -0.2) is 0 Å².